The lowest BCUT2D eigenvalue weighted by Gasteiger charge is -2.06. The summed E-state index contributed by atoms with van der Waals surface area (Å²) in [6, 6.07) is 5.80. The number of halogens is 1. The first-order valence-corrected chi connectivity index (χ1v) is 4.85. The highest BCUT2D eigenvalue weighted by atomic mass is 19.1. The van der Waals surface area contributed by atoms with Crippen LogP contribution in [0.2, 0.25) is 0 Å². The molecule has 0 fully saturated rings. The smallest absolute Gasteiger partial charge is 0.334 e. The van der Waals surface area contributed by atoms with Crippen LogP contribution in [0.15, 0.2) is 30.3 Å². The Balaban J connectivity index is 2.94. The molecule has 0 unspecified atom stereocenters. The van der Waals surface area contributed by atoms with Crippen molar-refractivity contribution in [3.8, 4) is 0 Å². The average Bonchev–Trinajstić information content (AvgIpc) is 2.26. The van der Waals surface area contributed by atoms with Crippen LogP contribution in [-0.2, 0) is 14.3 Å². The maximum atomic E-state index is 13.0. The van der Waals surface area contributed by atoms with E-state index in [1.165, 1.54) is 25.3 Å². The molecule has 0 N–H and O–H groups in total. The van der Waals surface area contributed by atoms with Crippen molar-refractivity contribution < 1.29 is 18.7 Å². The van der Waals surface area contributed by atoms with Gasteiger partial charge in [0.2, 0.25) is 0 Å². The van der Waals surface area contributed by atoms with Crippen molar-refractivity contribution in [2.45, 2.75) is 6.92 Å². The molecule has 0 amide bonds. The SMILES string of the molecule is CCOC(=O)/C=C(\OC)c1cccc(F)c1. The molecule has 0 aliphatic carbocycles. The fourth-order valence-electron chi connectivity index (χ4n) is 1.19. The fraction of sp³-hybridized carbons (Fsp3) is 0.250. The molecular weight excluding hydrogens is 211 g/mol. The highest BCUT2D eigenvalue weighted by Gasteiger charge is 2.06. The largest absolute Gasteiger partial charge is 0.496 e. The summed E-state index contributed by atoms with van der Waals surface area (Å²) >= 11 is 0. The molecule has 0 saturated carbocycles. The quantitative estimate of drug-likeness (QED) is 0.447. The number of carbonyl (C=O) groups excluding carboxylic acids is 1. The summed E-state index contributed by atoms with van der Waals surface area (Å²) in [7, 11) is 1.41. The Morgan fingerprint density at radius 1 is 1.50 bits per heavy atom. The van der Waals surface area contributed by atoms with Crippen LogP contribution in [0.1, 0.15) is 12.5 Å². The normalized spacial score (nSPS) is 11.1. The standard InChI is InChI=1S/C12H13FO3/c1-3-16-12(14)8-11(15-2)9-5-4-6-10(13)7-9/h4-8H,3H2,1-2H3/b11-8-. The van der Waals surface area contributed by atoms with Gasteiger partial charge in [-0.1, -0.05) is 12.1 Å². The Labute approximate surface area is 93.5 Å². The molecule has 0 aliphatic heterocycles. The molecule has 1 aromatic rings. The lowest BCUT2D eigenvalue weighted by atomic mass is 10.2. The van der Waals surface area contributed by atoms with E-state index in [2.05, 4.69) is 0 Å². The molecule has 0 radical (unpaired) electrons. The van der Waals surface area contributed by atoms with Crippen LogP contribution in [0, 0.1) is 5.82 Å². The van der Waals surface area contributed by atoms with E-state index in [0.29, 0.717) is 5.56 Å². The van der Waals surface area contributed by atoms with Gasteiger partial charge in [-0.3, -0.25) is 0 Å². The van der Waals surface area contributed by atoms with E-state index in [9.17, 15) is 9.18 Å². The molecule has 86 valence electrons. The van der Waals surface area contributed by atoms with Gasteiger partial charge < -0.3 is 9.47 Å². The fourth-order valence-corrected chi connectivity index (χ4v) is 1.19. The summed E-state index contributed by atoms with van der Waals surface area (Å²) in [5, 5.41) is 0. The summed E-state index contributed by atoms with van der Waals surface area (Å²) < 4.78 is 22.7. The zero-order valence-corrected chi connectivity index (χ0v) is 9.20. The van der Waals surface area contributed by atoms with Gasteiger partial charge in [-0.25, -0.2) is 9.18 Å². The van der Waals surface area contributed by atoms with Gasteiger partial charge >= 0.3 is 5.97 Å². The van der Waals surface area contributed by atoms with Crippen molar-refractivity contribution in [2.24, 2.45) is 0 Å². The molecule has 0 aromatic heterocycles. The highest BCUT2D eigenvalue weighted by molar-refractivity contribution is 5.89. The average molecular weight is 224 g/mol. The molecule has 0 aliphatic rings. The summed E-state index contributed by atoms with van der Waals surface area (Å²) in [5.74, 6) is -0.620. The Kier molecular flexibility index (Phi) is 4.51. The first-order valence-electron chi connectivity index (χ1n) is 4.85. The number of carbonyl (C=O) groups is 1. The van der Waals surface area contributed by atoms with Crippen molar-refractivity contribution in [3.05, 3.63) is 41.7 Å². The number of methoxy groups -OCH3 is 1. The topological polar surface area (TPSA) is 35.5 Å². The van der Waals surface area contributed by atoms with Crippen molar-refractivity contribution in [2.75, 3.05) is 13.7 Å². The van der Waals surface area contributed by atoms with E-state index in [1.54, 1.807) is 19.1 Å². The van der Waals surface area contributed by atoms with Gasteiger partial charge in [0, 0.05) is 5.56 Å². The van der Waals surface area contributed by atoms with E-state index in [1.807, 2.05) is 0 Å². The van der Waals surface area contributed by atoms with Gasteiger partial charge in [0.05, 0.1) is 19.8 Å². The van der Waals surface area contributed by atoms with E-state index in [4.69, 9.17) is 9.47 Å². The maximum Gasteiger partial charge on any atom is 0.334 e. The molecule has 0 saturated heterocycles. The van der Waals surface area contributed by atoms with Crippen LogP contribution >= 0.6 is 0 Å². The van der Waals surface area contributed by atoms with Crippen LogP contribution in [-0.4, -0.2) is 19.7 Å². The third kappa shape index (κ3) is 3.38. The van der Waals surface area contributed by atoms with Gasteiger partial charge in [0.25, 0.3) is 0 Å². The molecule has 0 atom stereocenters. The first-order chi connectivity index (χ1) is 7.67. The van der Waals surface area contributed by atoms with Crippen LogP contribution in [0.3, 0.4) is 0 Å². The summed E-state index contributed by atoms with van der Waals surface area (Å²) in [4.78, 5) is 11.2. The lowest BCUT2D eigenvalue weighted by molar-refractivity contribution is -0.137. The molecule has 1 aromatic carbocycles. The predicted octanol–water partition coefficient (Wildman–Crippen LogP) is 2.38. The maximum absolute atomic E-state index is 13.0. The number of rotatable bonds is 4. The van der Waals surface area contributed by atoms with E-state index < -0.39 is 5.97 Å². The second-order valence-electron chi connectivity index (χ2n) is 2.98. The Hall–Kier alpha value is -1.84. The van der Waals surface area contributed by atoms with E-state index in [-0.39, 0.29) is 18.2 Å². The van der Waals surface area contributed by atoms with E-state index in [0.717, 1.165) is 0 Å². The Morgan fingerprint density at radius 2 is 2.25 bits per heavy atom. The number of ether oxygens (including phenoxy) is 2. The number of hydrogen-bond acceptors (Lipinski definition) is 3. The first kappa shape index (κ1) is 12.2. The van der Waals surface area contributed by atoms with Crippen LogP contribution in [0.25, 0.3) is 5.76 Å². The zero-order chi connectivity index (χ0) is 12.0. The molecule has 16 heavy (non-hydrogen) atoms. The minimum absolute atomic E-state index is 0.276. The molecule has 4 heteroatoms. The number of benzene rings is 1. The highest BCUT2D eigenvalue weighted by Crippen LogP contribution is 2.16. The van der Waals surface area contributed by atoms with Gasteiger partial charge in [-0.15, -0.1) is 0 Å². The minimum Gasteiger partial charge on any atom is -0.496 e. The lowest BCUT2D eigenvalue weighted by Crippen LogP contribution is -2.02. The van der Waals surface area contributed by atoms with Crippen LogP contribution < -0.4 is 0 Å². The van der Waals surface area contributed by atoms with Crippen molar-refractivity contribution in [1.29, 1.82) is 0 Å². The molecule has 1 rings (SSSR count). The number of esters is 1. The van der Waals surface area contributed by atoms with Crippen molar-refractivity contribution in [3.63, 3.8) is 0 Å². The Morgan fingerprint density at radius 3 is 2.81 bits per heavy atom. The summed E-state index contributed by atoms with van der Waals surface area (Å²) in [6.07, 6.45) is 1.19. The van der Waals surface area contributed by atoms with Crippen molar-refractivity contribution in [1.82, 2.24) is 0 Å². The van der Waals surface area contributed by atoms with Gasteiger partial charge in [0.15, 0.2) is 0 Å². The molecule has 0 bridgehead atoms. The van der Waals surface area contributed by atoms with E-state index >= 15 is 0 Å². The van der Waals surface area contributed by atoms with Crippen LogP contribution in [0.4, 0.5) is 4.39 Å². The van der Waals surface area contributed by atoms with Gasteiger partial charge in [-0.05, 0) is 19.1 Å². The molecule has 0 heterocycles. The molecular formula is C12H13FO3. The second kappa shape index (κ2) is 5.90. The van der Waals surface area contributed by atoms with Crippen LogP contribution in [0.5, 0.6) is 0 Å². The molecule has 3 nitrogen and oxygen atoms in total. The monoisotopic (exact) mass is 224 g/mol. The zero-order valence-electron chi connectivity index (χ0n) is 9.20. The third-order valence-corrected chi connectivity index (χ3v) is 1.86. The van der Waals surface area contributed by atoms with Gasteiger partial charge in [0.1, 0.15) is 11.6 Å². The molecule has 0 spiro atoms. The predicted molar refractivity (Wildman–Crippen MR) is 58.0 cm³/mol. The second-order valence-corrected chi connectivity index (χ2v) is 2.98. The third-order valence-electron chi connectivity index (χ3n) is 1.86. The minimum atomic E-state index is -0.511. The Bertz CT molecular complexity index is 399. The summed E-state index contributed by atoms with van der Waals surface area (Å²) in [6.45, 7) is 2.00. The summed E-state index contributed by atoms with van der Waals surface area (Å²) in [5.41, 5.74) is 0.496. The van der Waals surface area contributed by atoms with Crippen molar-refractivity contribution >= 4 is 11.7 Å². The van der Waals surface area contributed by atoms with Gasteiger partial charge in [-0.2, -0.15) is 0 Å². The number of hydrogen-bond donors (Lipinski definition) is 0.